The fraction of sp³-hybridized carbons (Fsp3) is 0.214. The van der Waals surface area contributed by atoms with Crippen molar-refractivity contribution in [2.24, 2.45) is 0 Å². The van der Waals surface area contributed by atoms with Gasteiger partial charge in [0.2, 0.25) is 11.7 Å². The maximum Gasteiger partial charge on any atom is 0.226 e. The van der Waals surface area contributed by atoms with Gasteiger partial charge < -0.3 is 9.09 Å². The van der Waals surface area contributed by atoms with Crippen molar-refractivity contribution in [1.82, 2.24) is 19.7 Å². The fourth-order valence-corrected chi connectivity index (χ4v) is 2.19. The summed E-state index contributed by atoms with van der Waals surface area (Å²) in [6.07, 6.45) is 2.44. The van der Waals surface area contributed by atoms with Gasteiger partial charge in [-0.15, -0.1) is 0 Å². The molecule has 102 valence electrons. The molecular formula is C14H13ClN4O. The second-order valence-electron chi connectivity index (χ2n) is 4.39. The van der Waals surface area contributed by atoms with Crippen LogP contribution in [0.5, 0.6) is 0 Å². The summed E-state index contributed by atoms with van der Waals surface area (Å²) in [6, 6.07) is 7.59. The predicted molar refractivity (Wildman–Crippen MR) is 76.0 cm³/mol. The second-order valence-corrected chi connectivity index (χ2v) is 4.83. The highest BCUT2D eigenvalue weighted by atomic mass is 35.5. The van der Waals surface area contributed by atoms with Gasteiger partial charge in [-0.05, 0) is 25.1 Å². The summed E-state index contributed by atoms with van der Waals surface area (Å²) in [7, 11) is 0. The Morgan fingerprint density at radius 3 is 2.90 bits per heavy atom. The SMILES string of the molecule is CCc1nc(-c2ncn(-c3cccc(Cl)c3)c2C)no1. The summed E-state index contributed by atoms with van der Waals surface area (Å²) in [5.74, 6) is 1.12. The van der Waals surface area contributed by atoms with Crippen LogP contribution in [-0.2, 0) is 6.42 Å². The Hall–Kier alpha value is -2.14. The molecule has 0 bridgehead atoms. The molecule has 5 nitrogen and oxygen atoms in total. The predicted octanol–water partition coefficient (Wildman–Crippen LogP) is 3.45. The van der Waals surface area contributed by atoms with Gasteiger partial charge in [-0.3, -0.25) is 0 Å². The van der Waals surface area contributed by atoms with Crippen LogP contribution in [0.3, 0.4) is 0 Å². The van der Waals surface area contributed by atoms with Crippen molar-refractivity contribution in [1.29, 1.82) is 0 Å². The lowest BCUT2D eigenvalue weighted by atomic mass is 10.3. The summed E-state index contributed by atoms with van der Waals surface area (Å²) in [5, 5.41) is 4.64. The number of aryl methyl sites for hydroxylation is 1. The van der Waals surface area contributed by atoms with E-state index >= 15 is 0 Å². The maximum atomic E-state index is 6.02. The molecule has 2 aromatic heterocycles. The van der Waals surface area contributed by atoms with E-state index in [9.17, 15) is 0 Å². The molecular weight excluding hydrogens is 276 g/mol. The second kappa shape index (κ2) is 5.09. The summed E-state index contributed by atoms with van der Waals surface area (Å²) >= 11 is 6.02. The van der Waals surface area contributed by atoms with Crippen LogP contribution in [0.25, 0.3) is 17.2 Å². The summed E-state index contributed by atoms with van der Waals surface area (Å²) in [5.41, 5.74) is 2.61. The van der Waals surface area contributed by atoms with Crippen LogP contribution in [0, 0.1) is 6.92 Å². The largest absolute Gasteiger partial charge is 0.339 e. The summed E-state index contributed by atoms with van der Waals surface area (Å²) < 4.78 is 7.07. The third-order valence-corrected chi connectivity index (χ3v) is 3.31. The highest BCUT2D eigenvalue weighted by molar-refractivity contribution is 6.30. The number of aromatic nitrogens is 4. The number of hydrogen-bond donors (Lipinski definition) is 0. The van der Waals surface area contributed by atoms with E-state index in [2.05, 4.69) is 15.1 Å². The van der Waals surface area contributed by atoms with Gasteiger partial charge in [-0.2, -0.15) is 4.98 Å². The zero-order chi connectivity index (χ0) is 14.1. The average Bonchev–Trinajstić information content (AvgIpc) is 3.04. The molecule has 0 saturated carbocycles. The van der Waals surface area contributed by atoms with Crippen LogP contribution in [0.2, 0.25) is 5.02 Å². The lowest BCUT2D eigenvalue weighted by Gasteiger charge is -2.05. The van der Waals surface area contributed by atoms with Crippen LogP contribution >= 0.6 is 11.6 Å². The molecule has 0 aliphatic rings. The normalized spacial score (nSPS) is 10.9. The Bertz CT molecular complexity index is 747. The number of benzene rings is 1. The lowest BCUT2D eigenvalue weighted by molar-refractivity contribution is 0.382. The van der Waals surface area contributed by atoms with Crippen LogP contribution in [-0.4, -0.2) is 19.7 Å². The minimum atomic E-state index is 0.514. The monoisotopic (exact) mass is 288 g/mol. The molecule has 0 radical (unpaired) electrons. The number of rotatable bonds is 3. The zero-order valence-electron chi connectivity index (χ0n) is 11.2. The van der Waals surface area contributed by atoms with Gasteiger partial charge in [0, 0.05) is 17.1 Å². The zero-order valence-corrected chi connectivity index (χ0v) is 11.9. The molecule has 0 amide bonds. The van der Waals surface area contributed by atoms with Crippen molar-refractivity contribution in [2.45, 2.75) is 20.3 Å². The van der Waals surface area contributed by atoms with Gasteiger partial charge in [0.15, 0.2) is 0 Å². The van der Waals surface area contributed by atoms with Crippen molar-refractivity contribution in [2.75, 3.05) is 0 Å². The van der Waals surface area contributed by atoms with E-state index in [1.165, 1.54) is 0 Å². The van der Waals surface area contributed by atoms with E-state index < -0.39 is 0 Å². The van der Waals surface area contributed by atoms with E-state index in [1.807, 2.05) is 42.7 Å². The van der Waals surface area contributed by atoms with Crippen LogP contribution in [0.1, 0.15) is 18.5 Å². The first kappa shape index (κ1) is 12.9. The van der Waals surface area contributed by atoms with Gasteiger partial charge in [0.25, 0.3) is 0 Å². The van der Waals surface area contributed by atoms with Crippen molar-refractivity contribution < 1.29 is 4.52 Å². The number of imidazole rings is 1. The highest BCUT2D eigenvalue weighted by Crippen LogP contribution is 2.23. The van der Waals surface area contributed by atoms with Gasteiger partial charge in [-0.1, -0.05) is 29.7 Å². The number of halogens is 1. The Morgan fingerprint density at radius 1 is 1.35 bits per heavy atom. The minimum absolute atomic E-state index is 0.514. The molecule has 2 heterocycles. The van der Waals surface area contributed by atoms with E-state index in [1.54, 1.807) is 6.33 Å². The van der Waals surface area contributed by atoms with Crippen molar-refractivity contribution in [3.8, 4) is 17.2 Å². The molecule has 1 aromatic carbocycles. The Labute approximate surface area is 121 Å². The van der Waals surface area contributed by atoms with E-state index in [0.29, 0.717) is 28.9 Å². The molecule has 0 saturated heterocycles. The molecule has 0 unspecified atom stereocenters. The Balaban J connectivity index is 2.04. The third-order valence-electron chi connectivity index (χ3n) is 3.08. The average molecular weight is 289 g/mol. The third kappa shape index (κ3) is 2.20. The molecule has 0 aliphatic heterocycles. The highest BCUT2D eigenvalue weighted by Gasteiger charge is 2.15. The topological polar surface area (TPSA) is 56.7 Å². The summed E-state index contributed by atoms with van der Waals surface area (Å²) in [6.45, 7) is 3.93. The Kier molecular flexibility index (Phi) is 3.28. The molecule has 0 fully saturated rings. The first-order valence-corrected chi connectivity index (χ1v) is 6.69. The van der Waals surface area contributed by atoms with E-state index in [-0.39, 0.29) is 0 Å². The molecule has 3 aromatic rings. The molecule has 0 N–H and O–H groups in total. The summed E-state index contributed by atoms with van der Waals surface area (Å²) in [4.78, 5) is 8.68. The number of nitrogens with zero attached hydrogens (tertiary/aromatic N) is 4. The standard InChI is InChI=1S/C14H13ClN4O/c1-3-12-17-14(18-20-12)13-9(2)19(8-16-13)11-6-4-5-10(15)7-11/h4-8H,3H2,1-2H3. The molecule has 3 rings (SSSR count). The van der Waals surface area contributed by atoms with Crippen molar-refractivity contribution >= 4 is 11.6 Å². The van der Waals surface area contributed by atoms with Crippen LogP contribution < -0.4 is 0 Å². The smallest absolute Gasteiger partial charge is 0.226 e. The molecule has 0 aliphatic carbocycles. The van der Waals surface area contributed by atoms with E-state index in [4.69, 9.17) is 16.1 Å². The molecule has 20 heavy (non-hydrogen) atoms. The molecule has 6 heteroatoms. The first-order chi connectivity index (χ1) is 9.69. The minimum Gasteiger partial charge on any atom is -0.339 e. The van der Waals surface area contributed by atoms with Gasteiger partial charge in [-0.25, -0.2) is 4.98 Å². The molecule has 0 spiro atoms. The number of hydrogen-bond acceptors (Lipinski definition) is 4. The first-order valence-electron chi connectivity index (χ1n) is 6.32. The molecule has 0 atom stereocenters. The van der Waals surface area contributed by atoms with Crippen LogP contribution in [0.4, 0.5) is 0 Å². The Morgan fingerprint density at radius 2 is 2.20 bits per heavy atom. The van der Waals surface area contributed by atoms with E-state index in [0.717, 1.165) is 11.4 Å². The van der Waals surface area contributed by atoms with Crippen molar-refractivity contribution in [3.05, 3.63) is 47.2 Å². The van der Waals surface area contributed by atoms with Crippen LogP contribution in [0.15, 0.2) is 35.1 Å². The van der Waals surface area contributed by atoms with Gasteiger partial charge in [0.1, 0.15) is 12.0 Å². The van der Waals surface area contributed by atoms with Gasteiger partial charge >= 0.3 is 0 Å². The lowest BCUT2D eigenvalue weighted by Crippen LogP contribution is -1.95. The van der Waals surface area contributed by atoms with Crippen molar-refractivity contribution in [3.63, 3.8) is 0 Å². The quantitative estimate of drug-likeness (QED) is 0.741. The van der Waals surface area contributed by atoms with Gasteiger partial charge in [0.05, 0.1) is 5.69 Å². The maximum absolute atomic E-state index is 6.02. The fourth-order valence-electron chi connectivity index (χ4n) is 2.01.